The van der Waals surface area contributed by atoms with Crippen LogP contribution in [0.4, 0.5) is 5.69 Å². The molecule has 0 bridgehead atoms. The van der Waals surface area contributed by atoms with E-state index in [9.17, 15) is 0 Å². The van der Waals surface area contributed by atoms with Crippen LogP contribution in [0, 0.1) is 18.3 Å². The second-order valence-corrected chi connectivity index (χ2v) is 3.34. The Bertz CT molecular complexity index is 527. The van der Waals surface area contributed by atoms with Crippen molar-refractivity contribution in [2.24, 2.45) is 0 Å². The van der Waals surface area contributed by atoms with Gasteiger partial charge in [-0.1, -0.05) is 16.4 Å². The van der Waals surface area contributed by atoms with E-state index in [1.54, 1.807) is 12.1 Å². The number of benzene rings is 1. The lowest BCUT2D eigenvalue weighted by atomic mass is 10.2. The van der Waals surface area contributed by atoms with Crippen molar-refractivity contribution >= 4 is 5.69 Å². The molecule has 0 spiro atoms. The Kier molecular flexibility index (Phi) is 2.83. The zero-order chi connectivity index (χ0) is 11.4. The maximum atomic E-state index is 8.74. The SMILES string of the molecule is Cc1nonc1CNc1cccc(C#N)c1. The van der Waals surface area contributed by atoms with Gasteiger partial charge in [-0.05, 0) is 25.1 Å². The van der Waals surface area contributed by atoms with Gasteiger partial charge in [-0.25, -0.2) is 4.63 Å². The van der Waals surface area contributed by atoms with Gasteiger partial charge < -0.3 is 5.32 Å². The minimum Gasteiger partial charge on any atom is -0.379 e. The second-order valence-electron chi connectivity index (χ2n) is 3.34. The monoisotopic (exact) mass is 214 g/mol. The largest absolute Gasteiger partial charge is 0.379 e. The average molecular weight is 214 g/mol. The summed E-state index contributed by atoms with van der Waals surface area (Å²) in [5.41, 5.74) is 3.03. The second kappa shape index (κ2) is 4.45. The summed E-state index contributed by atoms with van der Waals surface area (Å²) in [6.45, 7) is 2.36. The number of aromatic nitrogens is 2. The van der Waals surface area contributed by atoms with Gasteiger partial charge >= 0.3 is 0 Å². The van der Waals surface area contributed by atoms with E-state index in [2.05, 4.69) is 26.3 Å². The maximum Gasteiger partial charge on any atom is 0.127 e. The molecule has 1 aromatic carbocycles. The number of hydrogen-bond acceptors (Lipinski definition) is 5. The van der Waals surface area contributed by atoms with Crippen LogP contribution in [0.2, 0.25) is 0 Å². The Hall–Kier alpha value is -2.35. The lowest BCUT2D eigenvalue weighted by Crippen LogP contribution is -2.01. The Morgan fingerprint density at radius 1 is 1.44 bits per heavy atom. The van der Waals surface area contributed by atoms with Crippen LogP contribution < -0.4 is 5.32 Å². The molecule has 2 aromatic rings. The minimum absolute atomic E-state index is 0.532. The number of aryl methyl sites for hydroxylation is 1. The number of anilines is 1. The van der Waals surface area contributed by atoms with E-state index in [1.165, 1.54) is 0 Å². The van der Waals surface area contributed by atoms with Crippen LogP contribution >= 0.6 is 0 Å². The van der Waals surface area contributed by atoms with Gasteiger partial charge in [-0.2, -0.15) is 5.26 Å². The summed E-state index contributed by atoms with van der Waals surface area (Å²) >= 11 is 0. The molecule has 1 N–H and O–H groups in total. The molecule has 5 heteroatoms. The molecule has 0 saturated heterocycles. The molecule has 0 aliphatic carbocycles. The highest BCUT2D eigenvalue weighted by atomic mass is 16.6. The van der Waals surface area contributed by atoms with Crippen LogP contribution in [0.5, 0.6) is 0 Å². The van der Waals surface area contributed by atoms with Crippen LogP contribution in [-0.2, 0) is 6.54 Å². The summed E-state index contributed by atoms with van der Waals surface area (Å²) in [4.78, 5) is 0. The van der Waals surface area contributed by atoms with Crippen molar-refractivity contribution in [2.75, 3.05) is 5.32 Å². The van der Waals surface area contributed by atoms with Gasteiger partial charge in [0.25, 0.3) is 0 Å². The van der Waals surface area contributed by atoms with Crippen LogP contribution in [0.1, 0.15) is 17.0 Å². The molecule has 0 radical (unpaired) electrons. The van der Waals surface area contributed by atoms with Crippen LogP contribution in [0.25, 0.3) is 0 Å². The zero-order valence-corrected chi connectivity index (χ0v) is 8.77. The summed E-state index contributed by atoms with van der Waals surface area (Å²) in [5.74, 6) is 0. The number of rotatable bonds is 3. The van der Waals surface area contributed by atoms with E-state index in [1.807, 2.05) is 19.1 Å². The predicted molar refractivity (Wildman–Crippen MR) is 57.5 cm³/mol. The summed E-state index contributed by atoms with van der Waals surface area (Å²) < 4.78 is 4.59. The third-order valence-electron chi connectivity index (χ3n) is 2.20. The minimum atomic E-state index is 0.532. The fraction of sp³-hybridized carbons (Fsp3) is 0.182. The molecule has 0 amide bonds. The van der Waals surface area contributed by atoms with Crippen molar-refractivity contribution in [2.45, 2.75) is 13.5 Å². The van der Waals surface area contributed by atoms with E-state index in [0.29, 0.717) is 12.1 Å². The van der Waals surface area contributed by atoms with E-state index in [0.717, 1.165) is 17.1 Å². The smallest absolute Gasteiger partial charge is 0.127 e. The molecule has 2 rings (SSSR count). The molecule has 0 unspecified atom stereocenters. The highest BCUT2D eigenvalue weighted by Crippen LogP contribution is 2.11. The van der Waals surface area contributed by atoms with Crippen LogP contribution in [0.15, 0.2) is 28.9 Å². The van der Waals surface area contributed by atoms with Crippen molar-refractivity contribution in [3.63, 3.8) is 0 Å². The quantitative estimate of drug-likeness (QED) is 0.844. The molecule has 16 heavy (non-hydrogen) atoms. The van der Waals surface area contributed by atoms with Crippen molar-refractivity contribution in [3.05, 3.63) is 41.2 Å². The van der Waals surface area contributed by atoms with Gasteiger partial charge in [-0.3, -0.25) is 0 Å². The Morgan fingerprint density at radius 2 is 2.31 bits per heavy atom. The highest BCUT2D eigenvalue weighted by Gasteiger charge is 2.04. The molecular formula is C11H10N4O. The Balaban J connectivity index is 2.05. The van der Waals surface area contributed by atoms with E-state index < -0.39 is 0 Å². The summed E-state index contributed by atoms with van der Waals surface area (Å²) in [5, 5.41) is 19.3. The third kappa shape index (κ3) is 2.17. The number of nitrogens with one attached hydrogen (secondary N) is 1. The molecule has 0 aliphatic heterocycles. The molecule has 0 fully saturated rings. The van der Waals surface area contributed by atoms with Crippen molar-refractivity contribution in [3.8, 4) is 6.07 Å². The summed E-state index contributed by atoms with van der Waals surface area (Å²) in [6, 6.07) is 9.34. The first-order valence-corrected chi connectivity index (χ1v) is 4.81. The van der Waals surface area contributed by atoms with Gasteiger partial charge in [0.1, 0.15) is 11.4 Å². The van der Waals surface area contributed by atoms with Crippen molar-refractivity contribution < 1.29 is 4.63 Å². The molecule has 80 valence electrons. The fourth-order valence-electron chi connectivity index (χ4n) is 1.29. The average Bonchev–Trinajstić information content (AvgIpc) is 2.72. The molecule has 0 aliphatic rings. The Labute approximate surface area is 92.7 Å². The van der Waals surface area contributed by atoms with Crippen LogP contribution in [0.3, 0.4) is 0 Å². The molecule has 0 saturated carbocycles. The van der Waals surface area contributed by atoms with Gasteiger partial charge in [0.15, 0.2) is 0 Å². The highest BCUT2D eigenvalue weighted by molar-refractivity contribution is 5.49. The first kappa shape index (κ1) is 10.2. The molecule has 1 aromatic heterocycles. The predicted octanol–water partition coefficient (Wildman–Crippen LogP) is 1.86. The van der Waals surface area contributed by atoms with Crippen molar-refractivity contribution in [1.82, 2.24) is 10.3 Å². The topological polar surface area (TPSA) is 74.7 Å². The van der Waals surface area contributed by atoms with Gasteiger partial charge in [0.05, 0.1) is 18.2 Å². The first-order chi connectivity index (χ1) is 7.79. The number of nitrogens with zero attached hydrogens (tertiary/aromatic N) is 3. The lowest BCUT2D eigenvalue weighted by molar-refractivity contribution is 0.301. The van der Waals surface area contributed by atoms with Crippen LogP contribution in [-0.4, -0.2) is 10.3 Å². The molecule has 5 nitrogen and oxygen atoms in total. The first-order valence-electron chi connectivity index (χ1n) is 4.81. The van der Waals surface area contributed by atoms with Gasteiger partial charge in [0, 0.05) is 5.69 Å². The molecular weight excluding hydrogens is 204 g/mol. The Morgan fingerprint density at radius 3 is 3.00 bits per heavy atom. The zero-order valence-electron chi connectivity index (χ0n) is 8.77. The fourth-order valence-corrected chi connectivity index (χ4v) is 1.29. The van der Waals surface area contributed by atoms with E-state index in [-0.39, 0.29) is 0 Å². The molecule has 1 heterocycles. The number of hydrogen-bond donors (Lipinski definition) is 1. The van der Waals surface area contributed by atoms with Crippen molar-refractivity contribution in [1.29, 1.82) is 5.26 Å². The molecule has 0 atom stereocenters. The number of nitriles is 1. The lowest BCUT2D eigenvalue weighted by Gasteiger charge is -2.03. The summed E-state index contributed by atoms with van der Waals surface area (Å²) in [7, 11) is 0. The normalized spacial score (nSPS) is 9.75. The maximum absolute atomic E-state index is 8.74. The van der Waals surface area contributed by atoms with Gasteiger partial charge in [0.2, 0.25) is 0 Å². The van der Waals surface area contributed by atoms with E-state index >= 15 is 0 Å². The summed E-state index contributed by atoms with van der Waals surface area (Å²) in [6.07, 6.45) is 0. The van der Waals surface area contributed by atoms with E-state index in [4.69, 9.17) is 5.26 Å². The van der Waals surface area contributed by atoms with Gasteiger partial charge in [-0.15, -0.1) is 0 Å². The third-order valence-corrected chi connectivity index (χ3v) is 2.20. The standard InChI is InChI=1S/C11H10N4O/c1-8-11(15-16-14-8)7-13-10-4-2-3-9(5-10)6-12/h2-5,13H,7H2,1H3.